The summed E-state index contributed by atoms with van der Waals surface area (Å²) in [6.07, 6.45) is 13.1. The van der Waals surface area contributed by atoms with E-state index in [0.717, 1.165) is 11.5 Å². The molecular formula is C15H24. The van der Waals surface area contributed by atoms with E-state index in [9.17, 15) is 0 Å². The molecule has 0 fully saturated rings. The van der Waals surface area contributed by atoms with Crippen LogP contribution in [-0.4, -0.2) is 0 Å². The molecule has 0 aliphatic carbocycles. The van der Waals surface area contributed by atoms with Gasteiger partial charge in [0, 0.05) is 0 Å². The van der Waals surface area contributed by atoms with Crippen molar-refractivity contribution >= 4 is 0 Å². The minimum atomic E-state index is 0.792. The fourth-order valence-electron chi connectivity index (χ4n) is 1.07. The Hall–Kier alpha value is -1.04. The Labute approximate surface area is 95.1 Å². The molecule has 0 aliphatic rings. The van der Waals surface area contributed by atoms with Crippen LogP contribution >= 0.6 is 0 Å². The first-order valence-corrected chi connectivity index (χ1v) is 5.73. The third kappa shape index (κ3) is 9.27. The summed E-state index contributed by atoms with van der Waals surface area (Å²) in [5.41, 5.74) is 2.37. The van der Waals surface area contributed by atoms with Crippen LogP contribution in [0, 0.1) is 5.92 Å². The third-order valence-corrected chi connectivity index (χ3v) is 2.36. The topological polar surface area (TPSA) is 0 Å². The van der Waals surface area contributed by atoms with Crippen molar-refractivity contribution in [3.63, 3.8) is 0 Å². The summed E-state index contributed by atoms with van der Waals surface area (Å²) in [5.74, 6) is 0.792. The van der Waals surface area contributed by atoms with E-state index >= 15 is 0 Å². The summed E-state index contributed by atoms with van der Waals surface area (Å²) in [5, 5.41) is 0. The summed E-state index contributed by atoms with van der Waals surface area (Å²) in [6.45, 7) is 12.4. The smallest absolute Gasteiger partial charge is 0.0322 e. The van der Waals surface area contributed by atoms with Crippen molar-refractivity contribution in [2.24, 2.45) is 5.92 Å². The van der Waals surface area contributed by atoms with E-state index in [0.29, 0.717) is 0 Å². The Morgan fingerprint density at radius 2 is 1.93 bits per heavy atom. The van der Waals surface area contributed by atoms with Gasteiger partial charge in [0.2, 0.25) is 0 Å². The Balaban J connectivity index is 4.01. The molecule has 0 rings (SSSR count). The third-order valence-electron chi connectivity index (χ3n) is 2.36. The Bertz CT molecular complexity index is 264. The number of hydrogen-bond donors (Lipinski definition) is 0. The second-order valence-corrected chi connectivity index (χ2v) is 4.27. The van der Waals surface area contributed by atoms with Gasteiger partial charge in [-0.05, 0) is 26.2 Å². The van der Waals surface area contributed by atoms with E-state index in [1.54, 1.807) is 0 Å². The maximum atomic E-state index is 3.81. The fourth-order valence-corrected chi connectivity index (χ4v) is 1.07. The minimum Gasteiger partial charge on any atom is -0.0961 e. The molecule has 0 aliphatic heterocycles. The Morgan fingerprint density at radius 3 is 2.47 bits per heavy atom. The first-order chi connectivity index (χ1) is 7.06. The van der Waals surface area contributed by atoms with Crippen LogP contribution in [0.25, 0.3) is 0 Å². The van der Waals surface area contributed by atoms with Crippen LogP contribution in [0.15, 0.2) is 48.1 Å². The maximum absolute atomic E-state index is 3.81. The van der Waals surface area contributed by atoms with Crippen molar-refractivity contribution in [3.8, 4) is 0 Å². The Morgan fingerprint density at radius 1 is 1.27 bits per heavy atom. The molecular weight excluding hydrogens is 180 g/mol. The van der Waals surface area contributed by atoms with Crippen LogP contribution in [0.3, 0.4) is 0 Å². The molecule has 84 valence electrons. The highest BCUT2D eigenvalue weighted by molar-refractivity contribution is 5.25. The van der Waals surface area contributed by atoms with Crippen LogP contribution in [-0.2, 0) is 0 Å². The van der Waals surface area contributed by atoms with E-state index in [4.69, 9.17) is 0 Å². The van der Waals surface area contributed by atoms with E-state index in [1.807, 2.05) is 19.1 Å². The van der Waals surface area contributed by atoms with Gasteiger partial charge in [-0.15, -0.1) is 0 Å². The van der Waals surface area contributed by atoms with Crippen LogP contribution in [0.2, 0.25) is 0 Å². The first-order valence-electron chi connectivity index (χ1n) is 5.73. The van der Waals surface area contributed by atoms with Crippen molar-refractivity contribution in [2.75, 3.05) is 0 Å². The minimum absolute atomic E-state index is 0.792. The molecule has 0 N–H and O–H groups in total. The molecule has 1 atom stereocenters. The predicted octanol–water partition coefficient (Wildman–Crippen LogP) is 5.06. The number of hydrogen-bond acceptors (Lipinski definition) is 0. The van der Waals surface area contributed by atoms with Crippen molar-refractivity contribution in [1.29, 1.82) is 0 Å². The molecule has 0 amide bonds. The lowest BCUT2D eigenvalue weighted by Crippen LogP contribution is -1.87. The SMILES string of the molecule is C=C(C)C=CC=C(C)C=CCC(C)CC. The van der Waals surface area contributed by atoms with E-state index in [2.05, 4.69) is 45.6 Å². The van der Waals surface area contributed by atoms with Gasteiger partial charge in [0.15, 0.2) is 0 Å². The average molecular weight is 204 g/mol. The summed E-state index contributed by atoms with van der Waals surface area (Å²) in [6, 6.07) is 0. The highest BCUT2D eigenvalue weighted by atomic mass is 14.0. The molecule has 0 bridgehead atoms. The zero-order valence-corrected chi connectivity index (χ0v) is 10.6. The molecule has 0 aromatic rings. The summed E-state index contributed by atoms with van der Waals surface area (Å²) >= 11 is 0. The van der Waals surface area contributed by atoms with Crippen molar-refractivity contribution in [3.05, 3.63) is 48.1 Å². The lowest BCUT2D eigenvalue weighted by molar-refractivity contribution is 0.572. The monoisotopic (exact) mass is 204 g/mol. The highest BCUT2D eigenvalue weighted by Gasteiger charge is 1.92. The normalized spacial score (nSPS) is 15.1. The number of rotatable bonds is 6. The largest absolute Gasteiger partial charge is 0.0961 e. The van der Waals surface area contributed by atoms with Gasteiger partial charge in [-0.3, -0.25) is 0 Å². The van der Waals surface area contributed by atoms with E-state index in [-0.39, 0.29) is 0 Å². The quantitative estimate of drug-likeness (QED) is 0.531. The molecule has 0 heteroatoms. The zero-order chi connectivity index (χ0) is 11.7. The van der Waals surface area contributed by atoms with Crippen molar-refractivity contribution in [2.45, 2.75) is 40.5 Å². The lowest BCUT2D eigenvalue weighted by Gasteiger charge is -2.02. The maximum Gasteiger partial charge on any atom is -0.0322 e. The molecule has 0 aromatic carbocycles. The second-order valence-electron chi connectivity index (χ2n) is 4.27. The molecule has 15 heavy (non-hydrogen) atoms. The van der Waals surface area contributed by atoms with Crippen LogP contribution in [0.5, 0.6) is 0 Å². The van der Waals surface area contributed by atoms with Gasteiger partial charge >= 0.3 is 0 Å². The van der Waals surface area contributed by atoms with Gasteiger partial charge in [0.05, 0.1) is 0 Å². The molecule has 0 aromatic heterocycles. The highest BCUT2D eigenvalue weighted by Crippen LogP contribution is 2.08. The molecule has 0 radical (unpaired) electrons. The molecule has 1 unspecified atom stereocenters. The van der Waals surface area contributed by atoms with Gasteiger partial charge in [-0.25, -0.2) is 0 Å². The van der Waals surface area contributed by atoms with Crippen LogP contribution < -0.4 is 0 Å². The molecule has 0 nitrogen and oxygen atoms in total. The van der Waals surface area contributed by atoms with Gasteiger partial charge < -0.3 is 0 Å². The summed E-state index contributed by atoms with van der Waals surface area (Å²) < 4.78 is 0. The van der Waals surface area contributed by atoms with Crippen LogP contribution in [0.1, 0.15) is 40.5 Å². The standard InChI is InChI=1S/C15H24/c1-6-14(4)10-8-12-15(5)11-7-9-13(2)3/h7-9,11-12,14H,2,6,10H2,1,3-5H3. The lowest BCUT2D eigenvalue weighted by atomic mass is 10.0. The number of allylic oxidation sites excluding steroid dienone is 7. The van der Waals surface area contributed by atoms with Crippen LogP contribution in [0.4, 0.5) is 0 Å². The van der Waals surface area contributed by atoms with Crippen molar-refractivity contribution < 1.29 is 0 Å². The Kier molecular flexibility index (Phi) is 7.71. The van der Waals surface area contributed by atoms with E-state index < -0.39 is 0 Å². The molecule has 0 spiro atoms. The average Bonchev–Trinajstić information content (AvgIpc) is 2.17. The molecule has 0 saturated heterocycles. The second kappa shape index (κ2) is 8.28. The molecule has 0 saturated carbocycles. The fraction of sp³-hybridized carbons (Fsp3) is 0.467. The molecule has 0 heterocycles. The van der Waals surface area contributed by atoms with Gasteiger partial charge in [0.1, 0.15) is 0 Å². The first kappa shape index (κ1) is 14.0. The van der Waals surface area contributed by atoms with Crippen molar-refractivity contribution in [1.82, 2.24) is 0 Å². The van der Waals surface area contributed by atoms with Gasteiger partial charge in [-0.2, -0.15) is 0 Å². The summed E-state index contributed by atoms with van der Waals surface area (Å²) in [7, 11) is 0. The zero-order valence-electron chi connectivity index (χ0n) is 10.6. The van der Waals surface area contributed by atoms with E-state index in [1.165, 1.54) is 18.4 Å². The predicted molar refractivity (Wildman–Crippen MR) is 70.9 cm³/mol. The van der Waals surface area contributed by atoms with Gasteiger partial charge in [0.25, 0.3) is 0 Å². The summed E-state index contributed by atoms with van der Waals surface area (Å²) in [4.78, 5) is 0. The van der Waals surface area contributed by atoms with Gasteiger partial charge in [-0.1, -0.05) is 68.4 Å².